The van der Waals surface area contributed by atoms with Gasteiger partial charge >= 0.3 is 0 Å². The molecule has 1 aromatic carbocycles. The van der Waals surface area contributed by atoms with Gasteiger partial charge in [0.05, 0.1) is 28.0 Å². The Hall–Kier alpha value is -1.76. The predicted octanol–water partition coefficient (Wildman–Crippen LogP) is 2.09. The Balaban J connectivity index is 1.99. The van der Waals surface area contributed by atoms with Crippen LogP contribution in [0.1, 0.15) is 22.4 Å². The molecule has 0 fully saturated rings. The fourth-order valence-electron chi connectivity index (χ4n) is 2.44. The van der Waals surface area contributed by atoms with E-state index in [9.17, 15) is 0 Å². The van der Waals surface area contributed by atoms with Crippen molar-refractivity contribution in [1.29, 1.82) is 0 Å². The number of fused-ring (bicyclic) bond motifs is 1. The van der Waals surface area contributed by atoms with Crippen molar-refractivity contribution in [2.45, 2.75) is 19.4 Å². The summed E-state index contributed by atoms with van der Waals surface area (Å²) in [6, 6.07) is 8.14. The SMILES string of the molecule is Cc1nc(CC(NN)c2nn(C)c3ccccc23)cs1. The summed E-state index contributed by atoms with van der Waals surface area (Å²) in [7, 11) is 1.95. The zero-order chi connectivity index (χ0) is 14.1. The highest BCUT2D eigenvalue weighted by molar-refractivity contribution is 7.09. The van der Waals surface area contributed by atoms with Crippen molar-refractivity contribution >= 4 is 22.2 Å². The van der Waals surface area contributed by atoms with Crippen LogP contribution in [0, 0.1) is 6.92 Å². The average Bonchev–Trinajstić information content (AvgIpc) is 3.01. The molecular weight excluding hydrogens is 270 g/mol. The highest BCUT2D eigenvalue weighted by Gasteiger charge is 2.19. The molecule has 0 radical (unpaired) electrons. The van der Waals surface area contributed by atoms with Gasteiger partial charge < -0.3 is 0 Å². The summed E-state index contributed by atoms with van der Waals surface area (Å²) < 4.78 is 1.89. The van der Waals surface area contributed by atoms with Crippen LogP contribution in [-0.4, -0.2) is 14.8 Å². The van der Waals surface area contributed by atoms with E-state index < -0.39 is 0 Å². The fraction of sp³-hybridized carbons (Fsp3) is 0.286. The van der Waals surface area contributed by atoms with Crippen LogP contribution in [-0.2, 0) is 13.5 Å². The topological polar surface area (TPSA) is 68.8 Å². The number of para-hydroxylation sites is 1. The van der Waals surface area contributed by atoms with Gasteiger partial charge in [-0.2, -0.15) is 5.10 Å². The Labute approximate surface area is 121 Å². The first kappa shape index (κ1) is 13.2. The Kier molecular flexibility index (Phi) is 3.52. The van der Waals surface area contributed by atoms with Gasteiger partial charge in [0.25, 0.3) is 0 Å². The summed E-state index contributed by atoms with van der Waals surface area (Å²) >= 11 is 1.66. The van der Waals surface area contributed by atoms with Crippen LogP contribution in [0.2, 0.25) is 0 Å². The first-order valence-corrected chi connectivity index (χ1v) is 7.35. The van der Waals surface area contributed by atoms with E-state index in [4.69, 9.17) is 5.84 Å². The largest absolute Gasteiger partial charge is 0.271 e. The van der Waals surface area contributed by atoms with E-state index in [0.717, 1.165) is 33.7 Å². The molecule has 20 heavy (non-hydrogen) atoms. The molecule has 6 heteroatoms. The maximum atomic E-state index is 5.74. The molecule has 1 unspecified atom stereocenters. The van der Waals surface area contributed by atoms with Crippen LogP contribution in [0.15, 0.2) is 29.6 Å². The average molecular weight is 287 g/mol. The summed E-state index contributed by atoms with van der Waals surface area (Å²) in [5, 5.41) is 8.89. The molecule has 1 atom stereocenters. The highest BCUT2D eigenvalue weighted by Crippen LogP contribution is 2.25. The molecule has 0 bridgehead atoms. The number of hydrazine groups is 1. The van der Waals surface area contributed by atoms with Gasteiger partial charge in [-0.15, -0.1) is 11.3 Å². The van der Waals surface area contributed by atoms with Crippen LogP contribution in [0.5, 0.6) is 0 Å². The van der Waals surface area contributed by atoms with E-state index in [1.54, 1.807) is 11.3 Å². The number of hydrogen-bond donors (Lipinski definition) is 2. The number of benzene rings is 1. The van der Waals surface area contributed by atoms with Crippen LogP contribution in [0.25, 0.3) is 10.9 Å². The number of rotatable bonds is 4. The summed E-state index contributed by atoms with van der Waals surface area (Å²) in [5.74, 6) is 5.74. The Morgan fingerprint density at radius 3 is 2.90 bits per heavy atom. The quantitative estimate of drug-likeness (QED) is 0.569. The standard InChI is InChI=1S/C14H17N5S/c1-9-16-10(8-20-9)7-12(17-15)14-11-5-3-4-6-13(11)19(2)18-14/h3-6,8,12,17H,7,15H2,1-2H3. The van der Waals surface area contributed by atoms with Crippen molar-refractivity contribution in [3.8, 4) is 0 Å². The monoisotopic (exact) mass is 287 g/mol. The molecular formula is C14H17N5S. The fourth-order valence-corrected chi connectivity index (χ4v) is 3.07. The Morgan fingerprint density at radius 1 is 1.40 bits per heavy atom. The third-order valence-corrected chi connectivity index (χ3v) is 4.22. The van der Waals surface area contributed by atoms with Gasteiger partial charge in [0.2, 0.25) is 0 Å². The molecule has 0 spiro atoms. The molecule has 0 amide bonds. The third-order valence-electron chi connectivity index (χ3n) is 3.40. The van der Waals surface area contributed by atoms with E-state index in [1.807, 2.05) is 30.8 Å². The summed E-state index contributed by atoms with van der Waals surface area (Å²) in [4.78, 5) is 4.50. The smallest absolute Gasteiger partial charge is 0.0897 e. The van der Waals surface area contributed by atoms with Gasteiger partial charge in [0, 0.05) is 24.2 Å². The van der Waals surface area contributed by atoms with Crippen molar-refractivity contribution in [2.24, 2.45) is 12.9 Å². The second kappa shape index (κ2) is 5.32. The molecule has 0 aliphatic rings. The minimum atomic E-state index is -0.0393. The van der Waals surface area contributed by atoms with Gasteiger partial charge in [-0.05, 0) is 13.0 Å². The summed E-state index contributed by atoms with van der Waals surface area (Å²) in [6.45, 7) is 2.01. The number of nitrogens with two attached hydrogens (primary N) is 1. The minimum Gasteiger partial charge on any atom is -0.271 e. The van der Waals surface area contributed by atoms with Crippen molar-refractivity contribution in [3.05, 3.63) is 46.0 Å². The zero-order valence-electron chi connectivity index (χ0n) is 11.5. The summed E-state index contributed by atoms with van der Waals surface area (Å²) in [6.07, 6.45) is 0.738. The zero-order valence-corrected chi connectivity index (χ0v) is 12.3. The lowest BCUT2D eigenvalue weighted by molar-refractivity contribution is 0.528. The highest BCUT2D eigenvalue weighted by atomic mass is 32.1. The molecule has 0 aliphatic heterocycles. The molecule has 0 saturated heterocycles. The van der Waals surface area contributed by atoms with Crippen LogP contribution < -0.4 is 11.3 Å². The lowest BCUT2D eigenvalue weighted by Gasteiger charge is -2.12. The number of thiazole rings is 1. The van der Waals surface area contributed by atoms with E-state index in [0.29, 0.717) is 0 Å². The Bertz CT molecular complexity index is 730. The number of aryl methyl sites for hydroxylation is 2. The van der Waals surface area contributed by atoms with Crippen LogP contribution in [0.4, 0.5) is 0 Å². The lowest BCUT2D eigenvalue weighted by Crippen LogP contribution is -2.30. The van der Waals surface area contributed by atoms with Crippen molar-refractivity contribution in [2.75, 3.05) is 0 Å². The second-order valence-electron chi connectivity index (χ2n) is 4.81. The normalized spacial score (nSPS) is 12.9. The molecule has 3 N–H and O–H groups in total. The van der Waals surface area contributed by atoms with Crippen LogP contribution in [0.3, 0.4) is 0 Å². The molecule has 3 aromatic rings. The van der Waals surface area contributed by atoms with Crippen molar-refractivity contribution in [3.63, 3.8) is 0 Å². The van der Waals surface area contributed by atoms with Crippen LogP contribution >= 0.6 is 11.3 Å². The maximum Gasteiger partial charge on any atom is 0.0897 e. The van der Waals surface area contributed by atoms with Crippen molar-refractivity contribution < 1.29 is 0 Å². The predicted molar refractivity (Wildman–Crippen MR) is 81.3 cm³/mol. The van der Waals surface area contributed by atoms with E-state index >= 15 is 0 Å². The van der Waals surface area contributed by atoms with Gasteiger partial charge in [0.1, 0.15) is 0 Å². The minimum absolute atomic E-state index is 0.0393. The molecule has 5 nitrogen and oxygen atoms in total. The molecule has 0 aliphatic carbocycles. The number of aromatic nitrogens is 3. The van der Waals surface area contributed by atoms with Gasteiger partial charge in [-0.3, -0.25) is 16.0 Å². The first-order chi connectivity index (χ1) is 9.69. The van der Waals surface area contributed by atoms with Gasteiger partial charge in [0.15, 0.2) is 0 Å². The summed E-state index contributed by atoms with van der Waals surface area (Å²) in [5.41, 5.74) is 5.99. The number of nitrogens with zero attached hydrogens (tertiary/aromatic N) is 3. The second-order valence-corrected chi connectivity index (χ2v) is 5.87. The molecule has 2 heterocycles. The third kappa shape index (κ3) is 2.33. The molecule has 0 saturated carbocycles. The van der Waals surface area contributed by atoms with Gasteiger partial charge in [-0.25, -0.2) is 4.98 Å². The van der Waals surface area contributed by atoms with Gasteiger partial charge in [-0.1, -0.05) is 18.2 Å². The maximum absolute atomic E-state index is 5.74. The molecule has 3 rings (SSSR count). The molecule has 104 valence electrons. The van der Waals surface area contributed by atoms with E-state index in [1.165, 1.54) is 0 Å². The van der Waals surface area contributed by atoms with E-state index in [-0.39, 0.29) is 6.04 Å². The number of nitrogens with one attached hydrogen (secondary N) is 1. The van der Waals surface area contributed by atoms with E-state index in [2.05, 4.69) is 33.0 Å². The lowest BCUT2D eigenvalue weighted by atomic mass is 10.1. The Morgan fingerprint density at radius 2 is 2.20 bits per heavy atom. The van der Waals surface area contributed by atoms with Crippen molar-refractivity contribution in [1.82, 2.24) is 20.2 Å². The first-order valence-electron chi connectivity index (χ1n) is 6.48. The molecule has 2 aromatic heterocycles. The number of hydrogen-bond acceptors (Lipinski definition) is 5.